The fraction of sp³-hybridized carbons (Fsp3) is 0.857. The van der Waals surface area contributed by atoms with Crippen molar-refractivity contribution in [2.24, 2.45) is 11.8 Å². The lowest BCUT2D eigenvalue weighted by Crippen LogP contribution is -2.11. The number of carbonyl (C=O) groups is 1. The predicted octanol–water partition coefficient (Wildman–Crippen LogP) is 1.21. The summed E-state index contributed by atoms with van der Waals surface area (Å²) < 4.78 is 4.83. The molecule has 0 aromatic rings. The SMILES string of the molecule is CC[C@@H]1C(=O)OC[C@H]1C. The number of esters is 1. The van der Waals surface area contributed by atoms with Gasteiger partial charge in [0.25, 0.3) is 0 Å². The molecule has 1 rings (SSSR count). The highest BCUT2D eigenvalue weighted by molar-refractivity contribution is 5.74. The zero-order chi connectivity index (χ0) is 6.85. The highest BCUT2D eigenvalue weighted by Crippen LogP contribution is 2.23. The molecule has 0 unspecified atom stereocenters. The second kappa shape index (κ2) is 2.38. The van der Waals surface area contributed by atoms with Crippen molar-refractivity contribution in [2.75, 3.05) is 6.61 Å². The van der Waals surface area contributed by atoms with E-state index < -0.39 is 0 Å². The molecule has 0 bridgehead atoms. The van der Waals surface area contributed by atoms with E-state index in [0.717, 1.165) is 6.42 Å². The Bertz CT molecular complexity index is 120. The minimum atomic E-state index is -0.00926. The summed E-state index contributed by atoms with van der Waals surface area (Å²) in [4.78, 5) is 10.8. The second-order valence-corrected chi connectivity index (χ2v) is 2.62. The first kappa shape index (κ1) is 6.59. The summed E-state index contributed by atoms with van der Waals surface area (Å²) in [5, 5.41) is 0. The van der Waals surface area contributed by atoms with Crippen LogP contribution in [0.2, 0.25) is 0 Å². The Labute approximate surface area is 55.2 Å². The molecule has 0 aromatic carbocycles. The van der Waals surface area contributed by atoms with Gasteiger partial charge in [0.15, 0.2) is 0 Å². The van der Waals surface area contributed by atoms with Gasteiger partial charge in [-0.2, -0.15) is 0 Å². The van der Waals surface area contributed by atoms with Crippen molar-refractivity contribution in [1.82, 2.24) is 0 Å². The van der Waals surface area contributed by atoms with E-state index in [1.54, 1.807) is 0 Å². The molecule has 0 N–H and O–H groups in total. The summed E-state index contributed by atoms with van der Waals surface area (Å²) in [6.07, 6.45) is 0.917. The highest BCUT2D eigenvalue weighted by atomic mass is 16.5. The van der Waals surface area contributed by atoms with E-state index in [1.165, 1.54) is 0 Å². The van der Waals surface area contributed by atoms with Crippen LogP contribution in [-0.4, -0.2) is 12.6 Å². The summed E-state index contributed by atoms with van der Waals surface area (Å²) in [5.74, 6) is 0.595. The summed E-state index contributed by atoms with van der Waals surface area (Å²) in [6, 6.07) is 0. The molecular weight excluding hydrogens is 116 g/mol. The number of hydrogen-bond donors (Lipinski definition) is 0. The van der Waals surface area contributed by atoms with Crippen LogP contribution in [0.1, 0.15) is 20.3 Å². The average Bonchev–Trinajstić information content (AvgIpc) is 2.12. The van der Waals surface area contributed by atoms with E-state index in [4.69, 9.17) is 4.74 Å². The van der Waals surface area contributed by atoms with Crippen molar-refractivity contribution in [2.45, 2.75) is 20.3 Å². The minimum Gasteiger partial charge on any atom is -0.465 e. The Morgan fingerprint density at radius 2 is 2.44 bits per heavy atom. The maximum Gasteiger partial charge on any atom is 0.309 e. The van der Waals surface area contributed by atoms with Crippen LogP contribution in [0.25, 0.3) is 0 Å². The lowest BCUT2D eigenvalue weighted by Gasteiger charge is -2.04. The predicted molar refractivity (Wildman–Crippen MR) is 33.9 cm³/mol. The molecule has 0 aromatic heterocycles. The second-order valence-electron chi connectivity index (χ2n) is 2.62. The number of hydrogen-bond acceptors (Lipinski definition) is 2. The Kier molecular flexibility index (Phi) is 1.74. The molecular formula is C7H12O2. The van der Waals surface area contributed by atoms with Gasteiger partial charge in [-0.1, -0.05) is 13.8 Å². The Morgan fingerprint density at radius 1 is 1.78 bits per heavy atom. The smallest absolute Gasteiger partial charge is 0.309 e. The van der Waals surface area contributed by atoms with Gasteiger partial charge in [0.1, 0.15) is 0 Å². The largest absolute Gasteiger partial charge is 0.465 e. The molecule has 2 nitrogen and oxygen atoms in total. The first-order valence-electron chi connectivity index (χ1n) is 3.42. The van der Waals surface area contributed by atoms with E-state index in [9.17, 15) is 4.79 Å². The quantitative estimate of drug-likeness (QED) is 0.496. The molecule has 1 aliphatic heterocycles. The van der Waals surface area contributed by atoms with Crippen molar-refractivity contribution >= 4 is 5.97 Å². The fourth-order valence-corrected chi connectivity index (χ4v) is 1.24. The summed E-state index contributed by atoms with van der Waals surface area (Å²) in [5.41, 5.74) is 0. The van der Waals surface area contributed by atoms with Gasteiger partial charge in [0, 0.05) is 5.92 Å². The van der Waals surface area contributed by atoms with Crippen LogP contribution < -0.4 is 0 Å². The molecule has 0 amide bonds. The molecule has 9 heavy (non-hydrogen) atoms. The molecule has 0 radical (unpaired) electrons. The summed E-state index contributed by atoms with van der Waals surface area (Å²) >= 11 is 0. The average molecular weight is 128 g/mol. The van der Waals surface area contributed by atoms with Gasteiger partial charge in [-0.3, -0.25) is 4.79 Å². The van der Waals surface area contributed by atoms with Crippen LogP contribution in [0, 0.1) is 11.8 Å². The van der Waals surface area contributed by atoms with Crippen molar-refractivity contribution < 1.29 is 9.53 Å². The molecule has 1 heterocycles. The van der Waals surface area contributed by atoms with E-state index in [2.05, 4.69) is 6.92 Å². The fourth-order valence-electron chi connectivity index (χ4n) is 1.24. The third-order valence-electron chi connectivity index (χ3n) is 1.92. The third-order valence-corrected chi connectivity index (χ3v) is 1.92. The normalized spacial score (nSPS) is 34.7. The molecule has 1 aliphatic rings. The van der Waals surface area contributed by atoms with Crippen molar-refractivity contribution in [1.29, 1.82) is 0 Å². The van der Waals surface area contributed by atoms with Gasteiger partial charge in [-0.25, -0.2) is 0 Å². The van der Waals surface area contributed by atoms with Gasteiger partial charge >= 0.3 is 5.97 Å². The topological polar surface area (TPSA) is 26.3 Å². The molecule has 0 saturated carbocycles. The maximum atomic E-state index is 10.8. The van der Waals surface area contributed by atoms with Crippen LogP contribution in [0.5, 0.6) is 0 Å². The molecule has 2 heteroatoms. The Balaban J connectivity index is 2.55. The third kappa shape index (κ3) is 1.07. The van der Waals surface area contributed by atoms with Crippen molar-refractivity contribution in [3.8, 4) is 0 Å². The highest BCUT2D eigenvalue weighted by Gasteiger charge is 2.31. The van der Waals surface area contributed by atoms with Crippen LogP contribution >= 0.6 is 0 Å². The number of rotatable bonds is 1. The number of carbonyl (C=O) groups excluding carboxylic acids is 1. The standard InChI is InChI=1S/C7H12O2/c1-3-6-5(2)4-9-7(6)8/h5-6H,3-4H2,1-2H3/t5-,6+/m1/s1. The van der Waals surface area contributed by atoms with Gasteiger partial charge < -0.3 is 4.74 Å². The Morgan fingerprint density at radius 3 is 2.67 bits per heavy atom. The zero-order valence-corrected chi connectivity index (χ0v) is 5.89. The Hall–Kier alpha value is -0.530. The number of ether oxygens (including phenoxy) is 1. The first-order valence-corrected chi connectivity index (χ1v) is 3.42. The van der Waals surface area contributed by atoms with Crippen molar-refractivity contribution in [3.05, 3.63) is 0 Å². The molecule has 0 spiro atoms. The van der Waals surface area contributed by atoms with Crippen LogP contribution in [0.4, 0.5) is 0 Å². The summed E-state index contributed by atoms with van der Waals surface area (Å²) in [7, 11) is 0. The van der Waals surface area contributed by atoms with Crippen LogP contribution in [-0.2, 0) is 9.53 Å². The zero-order valence-electron chi connectivity index (χ0n) is 5.89. The molecule has 2 atom stereocenters. The van der Waals surface area contributed by atoms with Gasteiger partial charge in [-0.15, -0.1) is 0 Å². The lowest BCUT2D eigenvalue weighted by atomic mass is 9.95. The first-order chi connectivity index (χ1) is 4.25. The van der Waals surface area contributed by atoms with Crippen molar-refractivity contribution in [3.63, 3.8) is 0 Å². The maximum absolute atomic E-state index is 10.8. The monoisotopic (exact) mass is 128 g/mol. The van der Waals surface area contributed by atoms with E-state index in [1.807, 2.05) is 6.92 Å². The minimum absolute atomic E-state index is 0.00926. The molecule has 1 saturated heterocycles. The summed E-state index contributed by atoms with van der Waals surface area (Å²) in [6.45, 7) is 4.70. The van der Waals surface area contributed by atoms with Crippen LogP contribution in [0.3, 0.4) is 0 Å². The molecule has 52 valence electrons. The lowest BCUT2D eigenvalue weighted by molar-refractivity contribution is -0.141. The molecule has 0 aliphatic carbocycles. The van der Waals surface area contributed by atoms with Crippen LogP contribution in [0.15, 0.2) is 0 Å². The van der Waals surface area contributed by atoms with E-state index in [-0.39, 0.29) is 11.9 Å². The van der Waals surface area contributed by atoms with Gasteiger partial charge in [0.2, 0.25) is 0 Å². The van der Waals surface area contributed by atoms with Gasteiger partial charge in [-0.05, 0) is 6.42 Å². The number of cyclic esters (lactones) is 1. The molecule has 1 fully saturated rings. The van der Waals surface area contributed by atoms with E-state index in [0.29, 0.717) is 12.5 Å². The van der Waals surface area contributed by atoms with E-state index >= 15 is 0 Å². The van der Waals surface area contributed by atoms with Gasteiger partial charge in [0.05, 0.1) is 12.5 Å².